The van der Waals surface area contributed by atoms with E-state index in [1.807, 2.05) is 0 Å². The Bertz CT molecular complexity index is 556. The monoisotopic (exact) mass is 271 g/mol. The van der Waals surface area contributed by atoms with Crippen LogP contribution in [0.15, 0.2) is 42.5 Å². The van der Waals surface area contributed by atoms with Gasteiger partial charge in [-0.15, -0.1) is 0 Å². The second kappa shape index (κ2) is 6.35. The second-order valence-corrected chi connectivity index (χ2v) is 5.29. The van der Waals surface area contributed by atoms with Gasteiger partial charge < -0.3 is 15.2 Å². The number of benzene rings is 2. The van der Waals surface area contributed by atoms with Crippen molar-refractivity contribution in [3.63, 3.8) is 0 Å². The van der Waals surface area contributed by atoms with Crippen LogP contribution in [0.25, 0.3) is 10.8 Å². The Kier molecular flexibility index (Phi) is 4.31. The second-order valence-electron chi connectivity index (χ2n) is 5.29. The maximum atomic E-state index is 5.82. The molecule has 1 heterocycles. The van der Waals surface area contributed by atoms with Gasteiger partial charge in [0.25, 0.3) is 0 Å². The van der Waals surface area contributed by atoms with Crippen molar-refractivity contribution in [2.24, 2.45) is 5.73 Å². The van der Waals surface area contributed by atoms with E-state index in [0.717, 1.165) is 26.1 Å². The minimum atomic E-state index is -0.0789. The molecule has 0 aliphatic carbocycles. The first-order valence-electron chi connectivity index (χ1n) is 7.29. The van der Waals surface area contributed by atoms with E-state index in [9.17, 15) is 0 Å². The number of hydrogen-bond acceptors (Lipinski definition) is 3. The summed E-state index contributed by atoms with van der Waals surface area (Å²) in [6.45, 7) is 2.14. The molecule has 106 valence electrons. The smallest absolute Gasteiger partial charge is 0.157 e. The predicted octanol–water partition coefficient (Wildman–Crippen LogP) is 3.04. The van der Waals surface area contributed by atoms with Crippen molar-refractivity contribution in [3.05, 3.63) is 48.0 Å². The molecule has 0 spiro atoms. The molecule has 20 heavy (non-hydrogen) atoms. The van der Waals surface area contributed by atoms with Gasteiger partial charge in [-0.3, -0.25) is 0 Å². The van der Waals surface area contributed by atoms with Crippen LogP contribution in [-0.4, -0.2) is 26.0 Å². The molecular formula is C17H21NO2. The summed E-state index contributed by atoms with van der Waals surface area (Å²) in [7, 11) is 0. The maximum absolute atomic E-state index is 5.82. The third kappa shape index (κ3) is 2.85. The van der Waals surface area contributed by atoms with Gasteiger partial charge in [0.15, 0.2) is 6.29 Å². The summed E-state index contributed by atoms with van der Waals surface area (Å²) in [6, 6.07) is 14.9. The highest BCUT2D eigenvalue weighted by atomic mass is 16.7. The average Bonchev–Trinajstić information content (AvgIpc) is 2.53. The lowest BCUT2D eigenvalue weighted by atomic mass is 9.94. The zero-order chi connectivity index (χ0) is 13.8. The molecule has 3 rings (SSSR count). The highest BCUT2D eigenvalue weighted by Crippen LogP contribution is 2.29. The van der Waals surface area contributed by atoms with Crippen LogP contribution in [0.4, 0.5) is 0 Å². The molecule has 0 bridgehead atoms. The van der Waals surface area contributed by atoms with Crippen molar-refractivity contribution in [3.8, 4) is 0 Å². The van der Waals surface area contributed by atoms with Crippen LogP contribution in [0, 0.1) is 0 Å². The van der Waals surface area contributed by atoms with E-state index < -0.39 is 0 Å². The third-order valence-corrected chi connectivity index (χ3v) is 3.87. The van der Waals surface area contributed by atoms with E-state index in [4.69, 9.17) is 15.2 Å². The molecule has 1 aliphatic rings. The maximum Gasteiger partial charge on any atom is 0.157 e. The molecule has 0 amide bonds. The first-order valence-corrected chi connectivity index (χ1v) is 7.29. The molecule has 2 aromatic rings. The number of ether oxygens (including phenoxy) is 2. The molecule has 3 heteroatoms. The highest BCUT2D eigenvalue weighted by molar-refractivity contribution is 5.86. The fourth-order valence-electron chi connectivity index (χ4n) is 2.78. The quantitative estimate of drug-likeness (QED) is 0.929. The van der Waals surface area contributed by atoms with Gasteiger partial charge in [0.2, 0.25) is 0 Å². The lowest BCUT2D eigenvalue weighted by Gasteiger charge is -2.30. The molecule has 0 saturated carbocycles. The number of fused-ring (bicyclic) bond motifs is 1. The lowest BCUT2D eigenvalue weighted by Crippen LogP contribution is -2.31. The summed E-state index contributed by atoms with van der Waals surface area (Å²) >= 11 is 0. The van der Waals surface area contributed by atoms with Crippen LogP contribution in [0.5, 0.6) is 0 Å². The van der Waals surface area contributed by atoms with Gasteiger partial charge in [-0.2, -0.15) is 0 Å². The van der Waals surface area contributed by atoms with Crippen molar-refractivity contribution in [2.45, 2.75) is 25.0 Å². The third-order valence-electron chi connectivity index (χ3n) is 3.87. The average molecular weight is 271 g/mol. The molecule has 0 unspecified atom stereocenters. The van der Waals surface area contributed by atoms with Crippen LogP contribution in [0.3, 0.4) is 0 Å². The van der Waals surface area contributed by atoms with Crippen molar-refractivity contribution in [1.29, 1.82) is 0 Å². The van der Waals surface area contributed by atoms with Crippen LogP contribution in [-0.2, 0) is 9.47 Å². The van der Waals surface area contributed by atoms with Crippen molar-refractivity contribution in [2.75, 3.05) is 19.8 Å². The summed E-state index contributed by atoms with van der Waals surface area (Å²) in [5.74, 6) is 0.315. The molecule has 2 aromatic carbocycles. The van der Waals surface area contributed by atoms with Gasteiger partial charge in [0.1, 0.15) is 0 Å². The molecular weight excluding hydrogens is 250 g/mol. The van der Waals surface area contributed by atoms with Gasteiger partial charge in [-0.1, -0.05) is 42.5 Å². The largest absolute Gasteiger partial charge is 0.352 e. The van der Waals surface area contributed by atoms with Gasteiger partial charge in [-0.25, -0.2) is 0 Å². The highest BCUT2D eigenvalue weighted by Gasteiger charge is 2.24. The lowest BCUT2D eigenvalue weighted by molar-refractivity contribution is -0.189. The molecule has 3 nitrogen and oxygen atoms in total. The fraction of sp³-hybridized carbons (Fsp3) is 0.412. The minimum absolute atomic E-state index is 0.0789. The van der Waals surface area contributed by atoms with Crippen LogP contribution >= 0.6 is 0 Å². The first kappa shape index (κ1) is 13.6. The summed E-state index contributed by atoms with van der Waals surface area (Å²) in [5.41, 5.74) is 6.83. The van der Waals surface area contributed by atoms with Crippen LogP contribution < -0.4 is 5.73 Å². The predicted molar refractivity (Wildman–Crippen MR) is 80.7 cm³/mol. The summed E-state index contributed by atoms with van der Waals surface area (Å²) in [4.78, 5) is 0. The normalized spacial score (nSPS) is 23.1. The standard InChI is InChI=1S/C17H21NO2/c18-10-4-9-17-19-11-14(12-20-17)16-8-3-6-13-5-1-2-7-15(13)16/h1-3,5-8,14,17H,4,9-12,18H2. The topological polar surface area (TPSA) is 44.5 Å². The van der Waals surface area contributed by atoms with Gasteiger partial charge in [-0.05, 0) is 35.7 Å². The van der Waals surface area contributed by atoms with Gasteiger partial charge >= 0.3 is 0 Å². The fourth-order valence-corrected chi connectivity index (χ4v) is 2.78. The first-order chi connectivity index (χ1) is 9.88. The van der Waals surface area contributed by atoms with Crippen molar-refractivity contribution < 1.29 is 9.47 Å². The molecule has 1 fully saturated rings. The molecule has 2 N–H and O–H groups in total. The molecule has 0 radical (unpaired) electrons. The summed E-state index contributed by atoms with van der Waals surface area (Å²) in [6.07, 6.45) is 1.76. The Balaban J connectivity index is 1.74. The van der Waals surface area contributed by atoms with Crippen molar-refractivity contribution >= 4 is 10.8 Å². The molecule has 0 aromatic heterocycles. The SMILES string of the molecule is NCCCC1OCC(c2cccc3ccccc23)CO1. The zero-order valence-electron chi connectivity index (χ0n) is 11.6. The number of nitrogens with two attached hydrogens (primary N) is 1. The number of rotatable bonds is 4. The van der Waals surface area contributed by atoms with E-state index in [2.05, 4.69) is 42.5 Å². The van der Waals surface area contributed by atoms with E-state index in [0.29, 0.717) is 12.5 Å². The Morgan fingerprint density at radius 1 is 1.00 bits per heavy atom. The molecule has 1 saturated heterocycles. The van der Waals surface area contributed by atoms with Crippen molar-refractivity contribution in [1.82, 2.24) is 0 Å². The molecule has 1 aliphatic heterocycles. The Morgan fingerprint density at radius 2 is 1.75 bits per heavy atom. The minimum Gasteiger partial charge on any atom is -0.352 e. The van der Waals surface area contributed by atoms with Gasteiger partial charge in [0.05, 0.1) is 13.2 Å². The molecule has 0 atom stereocenters. The summed E-state index contributed by atoms with van der Waals surface area (Å²) < 4.78 is 11.6. The Morgan fingerprint density at radius 3 is 2.55 bits per heavy atom. The zero-order valence-corrected chi connectivity index (χ0v) is 11.6. The van der Waals surface area contributed by atoms with E-state index in [1.165, 1.54) is 16.3 Å². The Labute approximate surface area is 119 Å². The van der Waals surface area contributed by atoms with E-state index in [1.54, 1.807) is 0 Å². The van der Waals surface area contributed by atoms with E-state index in [-0.39, 0.29) is 6.29 Å². The van der Waals surface area contributed by atoms with Crippen LogP contribution in [0.1, 0.15) is 24.3 Å². The van der Waals surface area contributed by atoms with Gasteiger partial charge in [0, 0.05) is 5.92 Å². The summed E-state index contributed by atoms with van der Waals surface area (Å²) in [5, 5.41) is 2.57. The van der Waals surface area contributed by atoms with Crippen LogP contribution in [0.2, 0.25) is 0 Å². The van der Waals surface area contributed by atoms with E-state index >= 15 is 0 Å². The number of hydrogen-bond donors (Lipinski definition) is 1. The Hall–Kier alpha value is -1.42.